The number of piperazine rings is 1. The van der Waals surface area contributed by atoms with Crippen LogP contribution in [0.3, 0.4) is 0 Å². The van der Waals surface area contributed by atoms with E-state index in [1.54, 1.807) is 15.9 Å². The van der Waals surface area contributed by atoms with E-state index < -0.39 is 11.6 Å². The number of carbonyl (C=O) groups is 3. The Bertz CT molecular complexity index is 2000. The first-order valence-electron chi connectivity index (χ1n) is 20.1. The Balaban J connectivity index is 1.02. The van der Waals surface area contributed by atoms with Gasteiger partial charge >= 0.3 is 6.09 Å². The Morgan fingerprint density at radius 2 is 1.76 bits per heavy atom. The number of pyridine rings is 1. The van der Waals surface area contributed by atoms with Gasteiger partial charge in [0.25, 0.3) is 5.91 Å². The molecule has 0 unspecified atom stereocenters. The standard InChI is InChI=1S/C44H53N5O5/c1-5-44(53)21-19-34-32-16-14-30-27-39(54-42(52)46(6-2)7-3)38(28-33(30)31(32)18-20-43(34,44)4)47-23-25-48(26-24-47)41(51)37-13-10-22-49(37)40(50)36-17-15-29-11-8-9-12-35(29)45-36/h1,8-9,11-12,15,17,27-28,31-32,34,37,53H,6-7,10,13-14,16,18-26H2,2-4H3/t31-,32+,34-,37-,43-,44-/m0/s1. The Labute approximate surface area is 318 Å². The van der Waals surface area contributed by atoms with Crippen LogP contribution in [0.25, 0.3) is 10.9 Å². The summed E-state index contributed by atoms with van der Waals surface area (Å²) >= 11 is 0. The molecular formula is C44H53N5O5. The minimum absolute atomic E-state index is 0.0171. The van der Waals surface area contributed by atoms with Gasteiger partial charge < -0.3 is 29.4 Å². The summed E-state index contributed by atoms with van der Waals surface area (Å²) < 4.78 is 6.20. The van der Waals surface area contributed by atoms with E-state index in [-0.39, 0.29) is 23.3 Å². The number of benzene rings is 2. The summed E-state index contributed by atoms with van der Waals surface area (Å²) in [6, 6.07) is 15.3. The van der Waals surface area contributed by atoms with Crippen LogP contribution >= 0.6 is 0 Å². The minimum atomic E-state index is -1.05. The van der Waals surface area contributed by atoms with Gasteiger partial charge in [-0.25, -0.2) is 9.78 Å². The van der Waals surface area contributed by atoms with Crippen LogP contribution in [0.4, 0.5) is 10.5 Å². The number of nitrogens with zero attached hydrogens (tertiary/aromatic N) is 5. The van der Waals surface area contributed by atoms with Gasteiger partial charge in [0.15, 0.2) is 5.75 Å². The topological polar surface area (TPSA) is 107 Å². The number of ether oxygens (including phenoxy) is 1. The molecule has 1 N–H and O–H groups in total. The summed E-state index contributed by atoms with van der Waals surface area (Å²) in [5.74, 6) is 4.29. The number of rotatable bonds is 6. The van der Waals surface area contributed by atoms with Crippen molar-refractivity contribution in [3.8, 4) is 18.1 Å². The highest BCUT2D eigenvalue weighted by Gasteiger charge is 2.61. The van der Waals surface area contributed by atoms with Gasteiger partial charge in [-0.3, -0.25) is 9.59 Å². The molecule has 54 heavy (non-hydrogen) atoms. The van der Waals surface area contributed by atoms with Gasteiger partial charge in [-0.05, 0) is 118 Å². The second-order valence-corrected chi connectivity index (χ2v) is 16.3. The van der Waals surface area contributed by atoms with Crippen molar-refractivity contribution in [2.45, 2.75) is 89.7 Å². The normalized spacial score (nSPS) is 28.9. The lowest BCUT2D eigenvalue weighted by Crippen LogP contribution is -2.54. The molecule has 8 rings (SSSR count). The number of anilines is 1. The highest BCUT2D eigenvalue weighted by molar-refractivity contribution is 5.98. The van der Waals surface area contributed by atoms with Crippen molar-refractivity contribution in [3.63, 3.8) is 0 Å². The number of carbonyl (C=O) groups excluding carboxylic acids is 3. The Kier molecular flexibility index (Phi) is 9.58. The number of hydrogen-bond acceptors (Lipinski definition) is 7. The molecule has 284 valence electrons. The van der Waals surface area contributed by atoms with E-state index in [1.807, 2.05) is 49.1 Å². The van der Waals surface area contributed by atoms with Crippen molar-refractivity contribution >= 4 is 34.5 Å². The summed E-state index contributed by atoms with van der Waals surface area (Å²) in [6.07, 6.45) is 12.3. The first-order valence-corrected chi connectivity index (χ1v) is 20.1. The molecule has 5 aliphatic rings. The molecule has 2 aliphatic heterocycles. The molecule has 2 aromatic carbocycles. The number of likely N-dealkylation sites (tertiary alicyclic amines) is 1. The number of aliphatic hydroxyl groups is 1. The fraction of sp³-hybridized carbons (Fsp3) is 0.545. The molecule has 6 atom stereocenters. The van der Waals surface area contributed by atoms with Gasteiger partial charge in [0.1, 0.15) is 17.3 Å². The zero-order valence-corrected chi connectivity index (χ0v) is 31.9. The maximum Gasteiger partial charge on any atom is 0.415 e. The van der Waals surface area contributed by atoms with Gasteiger partial charge in [-0.15, -0.1) is 6.42 Å². The van der Waals surface area contributed by atoms with Crippen molar-refractivity contribution in [1.29, 1.82) is 0 Å². The smallest absolute Gasteiger partial charge is 0.408 e. The van der Waals surface area contributed by atoms with Crippen molar-refractivity contribution in [1.82, 2.24) is 19.7 Å². The third-order valence-corrected chi connectivity index (χ3v) is 14.0. The van der Waals surface area contributed by atoms with Crippen LogP contribution in [0.5, 0.6) is 5.75 Å². The highest BCUT2D eigenvalue weighted by Crippen LogP contribution is 2.64. The average molecular weight is 732 g/mol. The van der Waals surface area contributed by atoms with Crippen molar-refractivity contribution in [2.24, 2.45) is 17.3 Å². The molecule has 4 fully saturated rings. The summed E-state index contributed by atoms with van der Waals surface area (Å²) in [7, 11) is 0. The molecule has 10 heteroatoms. The molecule has 3 heterocycles. The summed E-state index contributed by atoms with van der Waals surface area (Å²) in [6.45, 7) is 9.93. The molecule has 2 saturated heterocycles. The van der Waals surface area contributed by atoms with Gasteiger partial charge in [-0.2, -0.15) is 0 Å². The summed E-state index contributed by atoms with van der Waals surface area (Å²) in [5, 5.41) is 12.4. The monoisotopic (exact) mass is 731 g/mol. The van der Waals surface area contributed by atoms with E-state index in [1.165, 1.54) is 11.1 Å². The zero-order chi connectivity index (χ0) is 37.8. The largest absolute Gasteiger partial charge is 0.415 e. The minimum Gasteiger partial charge on any atom is -0.408 e. The third-order valence-electron chi connectivity index (χ3n) is 14.0. The molecule has 0 bridgehead atoms. The van der Waals surface area contributed by atoms with Crippen LogP contribution in [0, 0.1) is 29.6 Å². The number of aromatic nitrogens is 1. The second kappa shape index (κ2) is 14.2. The van der Waals surface area contributed by atoms with E-state index in [4.69, 9.17) is 11.2 Å². The van der Waals surface area contributed by atoms with Gasteiger partial charge in [0, 0.05) is 56.6 Å². The lowest BCUT2D eigenvalue weighted by Gasteiger charge is -2.52. The third kappa shape index (κ3) is 6.00. The molecular weight excluding hydrogens is 679 g/mol. The zero-order valence-electron chi connectivity index (χ0n) is 31.9. The van der Waals surface area contributed by atoms with Crippen LogP contribution in [-0.4, -0.2) is 100 Å². The molecule has 0 spiro atoms. The Hall–Kier alpha value is -4.62. The van der Waals surface area contributed by atoms with Crippen LogP contribution in [0.1, 0.15) is 93.3 Å². The van der Waals surface area contributed by atoms with E-state index in [0.717, 1.165) is 55.1 Å². The number of fused-ring (bicyclic) bond motifs is 6. The van der Waals surface area contributed by atoms with E-state index in [0.29, 0.717) is 87.9 Å². The SMILES string of the molecule is C#C[C@]1(O)CC[C@H]2[C@@H]3CCc4cc(OC(=O)N(CC)CC)c(N5CCN(C(=O)[C@@H]6CCCN6C(=O)c6ccc7ccccc7n6)CC5)cc4[C@H]3CC[C@@]21C. The predicted octanol–water partition coefficient (Wildman–Crippen LogP) is 6.25. The van der Waals surface area contributed by atoms with E-state index in [2.05, 4.69) is 34.9 Å². The first-order chi connectivity index (χ1) is 26.1. The van der Waals surface area contributed by atoms with Gasteiger partial charge in [-0.1, -0.05) is 37.1 Å². The molecule has 1 aromatic heterocycles. The van der Waals surface area contributed by atoms with E-state index in [9.17, 15) is 19.5 Å². The molecule has 3 amide bonds. The van der Waals surface area contributed by atoms with Crippen LogP contribution in [0.2, 0.25) is 0 Å². The summed E-state index contributed by atoms with van der Waals surface area (Å²) in [4.78, 5) is 53.3. The number of amides is 3. The molecule has 3 aromatic rings. The lowest BCUT2D eigenvalue weighted by atomic mass is 9.53. The van der Waals surface area contributed by atoms with Crippen molar-refractivity contribution in [3.05, 3.63) is 65.4 Å². The fourth-order valence-corrected chi connectivity index (χ4v) is 10.8. The number of terminal acetylenes is 1. The van der Waals surface area contributed by atoms with Gasteiger partial charge in [0.2, 0.25) is 5.91 Å². The Morgan fingerprint density at radius 1 is 0.981 bits per heavy atom. The fourth-order valence-electron chi connectivity index (χ4n) is 10.8. The molecule has 3 aliphatic carbocycles. The van der Waals surface area contributed by atoms with Crippen molar-refractivity contribution in [2.75, 3.05) is 50.7 Å². The molecule has 2 saturated carbocycles. The van der Waals surface area contributed by atoms with Crippen LogP contribution < -0.4 is 9.64 Å². The maximum atomic E-state index is 14.1. The number of hydrogen-bond donors (Lipinski definition) is 1. The highest BCUT2D eigenvalue weighted by atomic mass is 16.6. The lowest BCUT2D eigenvalue weighted by molar-refractivity contribution is -0.135. The maximum absolute atomic E-state index is 14.1. The second-order valence-electron chi connectivity index (χ2n) is 16.3. The number of para-hydroxylation sites is 1. The predicted molar refractivity (Wildman–Crippen MR) is 208 cm³/mol. The van der Waals surface area contributed by atoms with Gasteiger partial charge in [0.05, 0.1) is 11.2 Å². The number of aryl methyl sites for hydroxylation is 1. The van der Waals surface area contributed by atoms with Crippen LogP contribution in [-0.2, 0) is 11.2 Å². The Morgan fingerprint density at radius 3 is 2.52 bits per heavy atom. The summed E-state index contributed by atoms with van der Waals surface area (Å²) in [5.41, 5.74) is 3.24. The first kappa shape index (κ1) is 36.4. The average Bonchev–Trinajstić information content (AvgIpc) is 3.80. The molecule has 10 nitrogen and oxygen atoms in total. The quantitative estimate of drug-likeness (QED) is 0.299. The van der Waals surface area contributed by atoms with E-state index >= 15 is 0 Å². The van der Waals surface area contributed by atoms with Crippen LogP contribution in [0.15, 0.2) is 48.5 Å². The van der Waals surface area contributed by atoms with Crippen molar-refractivity contribution < 1.29 is 24.2 Å². The molecule has 0 radical (unpaired) electrons.